The van der Waals surface area contributed by atoms with Crippen molar-refractivity contribution in [1.82, 2.24) is 9.97 Å². The first-order valence-electron chi connectivity index (χ1n) is 9.51. The number of halogens is 4. The maximum atomic E-state index is 13.0. The third-order valence-electron chi connectivity index (χ3n) is 5.32. The number of ether oxygens (including phenoxy) is 1. The Morgan fingerprint density at radius 1 is 1.09 bits per heavy atom. The molecule has 3 aromatic rings. The second-order valence-electron chi connectivity index (χ2n) is 7.36. The molecule has 0 atom stereocenters. The second kappa shape index (κ2) is 8.29. The number of aromatic nitrogens is 2. The van der Waals surface area contributed by atoms with Gasteiger partial charge < -0.3 is 15.2 Å². The quantitative estimate of drug-likeness (QED) is 0.460. The molecule has 1 aliphatic heterocycles. The highest BCUT2D eigenvalue weighted by Gasteiger charge is 2.47. The largest absolute Gasteiger partial charge is 0.433 e. The number of rotatable bonds is 5. The Hall–Kier alpha value is -3.37. The molecule has 0 aliphatic carbocycles. The summed E-state index contributed by atoms with van der Waals surface area (Å²) in [7, 11) is 0. The lowest BCUT2D eigenvalue weighted by molar-refractivity contribution is -0.141. The molecular weight excluding hydrogens is 430 g/mol. The molecule has 32 heavy (non-hydrogen) atoms. The first-order valence-corrected chi connectivity index (χ1v) is 9.51. The van der Waals surface area contributed by atoms with Crippen LogP contribution in [0.15, 0.2) is 54.9 Å². The van der Waals surface area contributed by atoms with E-state index in [0.29, 0.717) is 22.4 Å². The zero-order chi connectivity index (χ0) is 22.9. The molecule has 6 nitrogen and oxygen atoms in total. The van der Waals surface area contributed by atoms with Gasteiger partial charge in [0.15, 0.2) is 0 Å². The number of alkyl halides is 3. The van der Waals surface area contributed by atoms with Crippen LogP contribution in [-0.4, -0.2) is 34.2 Å². The van der Waals surface area contributed by atoms with Gasteiger partial charge in [-0.3, -0.25) is 9.78 Å². The van der Waals surface area contributed by atoms with Gasteiger partial charge in [-0.25, -0.2) is 4.98 Å². The molecule has 3 heterocycles. The fraction of sp³-hybridized carbons (Fsp3) is 0.227. The van der Waals surface area contributed by atoms with Gasteiger partial charge in [0.25, 0.3) is 0 Å². The lowest BCUT2D eigenvalue weighted by Crippen LogP contribution is -2.55. The van der Waals surface area contributed by atoms with Crippen LogP contribution in [0.3, 0.4) is 0 Å². The summed E-state index contributed by atoms with van der Waals surface area (Å²) in [6, 6.07) is 9.99. The Morgan fingerprint density at radius 2 is 1.81 bits per heavy atom. The van der Waals surface area contributed by atoms with Crippen LogP contribution in [0.1, 0.15) is 16.8 Å². The summed E-state index contributed by atoms with van der Waals surface area (Å²) < 4.78 is 57.0. The van der Waals surface area contributed by atoms with Gasteiger partial charge in [-0.15, -0.1) is 0 Å². The Kier molecular flexibility index (Phi) is 5.66. The van der Waals surface area contributed by atoms with Gasteiger partial charge in [-0.05, 0) is 34.9 Å². The second-order valence-corrected chi connectivity index (χ2v) is 7.36. The number of carbonyl (C=O) groups excluding carboxylic acids is 1. The Balaban J connectivity index is 1.60. The van der Waals surface area contributed by atoms with Crippen molar-refractivity contribution in [3.8, 4) is 11.1 Å². The first kappa shape index (κ1) is 21.8. The monoisotopic (exact) mass is 447 g/mol. The highest BCUT2D eigenvalue weighted by atomic mass is 19.4. The van der Waals surface area contributed by atoms with Crippen molar-refractivity contribution in [2.75, 3.05) is 18.5 Å². The molecule has 0 bridgehead atoms. The number of benzene rings is 1. The summed E-state index contributed by atoms with van der Waals surface area (Å²) in [6.45, 7) is -0.318. The van der Waals surface area contributed by atoms with Gasteiger partial charge in [0.05, 0.1) is 31.7 Å². The van der Waals surface area contributed by atoms with E-state index in [4.69, 9.17) is 4.74 Å². The molecule has 2 N–H and O–H groups in total. The number of aliphatic hydroxyl groups is 1. The van der Waals surface area contributed by atoms with E-state index >= 15 is 0 Å². The summed E-state index contributed by atoms with van der Waals surface area (Å²) in [5, 5.41) is 12.2. The van der Waals surface area contributed by atoms with Crippen molar-refractivity contribution in [2.45, 2.75) is 18.2 Å². The van der Waals surface area contributed by atoms with E-state index in [9.17, 15) is 27.5 Å². The fourth-order valence-corrected chi connectivity index (χ4v) is 3.45. The highest BCUT2D eigenvalue weighted by Crippen LogP contribution is 2.36. The smallest absolute Gasteiger partial charge is 0.392 e. The predicted octanol–water partition coefficient (Wildman–Crippen LogP) is 3.70. The van der Waals surface area contributed by atoms with Crippen molar-refractivity contribution < 1.29 is 32.2 Å². The minimum absolute atomic E-state index is 0.0864. The molecule has 4 rings (SSSR count). The fourth-order valence-electron chi connectivity index (χ4n) is 3.45. The minimum Gasteiger partial charge on any atom is -0.392 e. The third kappa shape index (κ3) is 4.06. The summed E-state index contributed by atoms with van der Waals surface area (Å²) >= 11 is 0. The number of anilines is 1. The van der Waals surface area contributed by atoms with E-state index in [2.05, 4.69) is 15.3 Å². The van der Waals surface area contributed by atoms with Gasteiger partial charge in [0.2, 0.25) is 11.9 Å². The standard InChI is InChI=1S/C22H17F4N3O3/c23-19-6-5-16(8-28-19)29-20(31)21(11-32-12-21)15-3-1-13(2-4-15)17-9-27-18(22(24,25)26)7-14(17)10-30/h1-9,30H,10-12H2,(H,29,31). The number of hydrogen-bond donors (Lipinski definition) is 2. The molecule has 1 aliphatic rings. The van der Waals surface area contributed by atoms with Crippen LogP contribution in [0.4, 0.5) is 23.2 Å². The molecule has 1 fully saturated rings. The Bertz CT molecular complexity index is 1130. The van der Waals surface area contributed by atoms with Crippen LogP contribution in [0, 0.1) is 5.95 Å². The lowest BCUT2D eigenvalue weighted by atomic mass is 9.77. The van der Waals surface area contributed by atoms with E-state index in [1.54, 1.807) is 24.3 Å². The molecule has 0 spiro atoms. The highest BCUT2D eigenvalue weighted by molar-refractivity contribution is 6.00. The summed E-state index contributed by atoms with van der Waals surface area (Å²) in [6.07, 6.45) is -2.34. The van der Waals surface area contributed by atoms with E-state index in [1.165, 1.54) is 12.3 Å². The van der Waals surface area contributed by atoms with Gasteiger partial charge >= 0.3 is 6.18 Å². The zero-order valence-electron chi connectivity index (χ0n) is 16.5. The number of pyridine rings is 2. The molecule has 1 saturated heterocycles. The molecule has 166 valence electrons. The first-order chi connectivity index (χ1) is 15.2. The van der Waals surface area contributed by atoms with Gasteiger partial charge in [-0.2, -0.15) is 17.6 Å². The topological polar surface area (TPSA) is 84.3 Å². The van der Waals surface area contributed by atoms with E-state index in [1.807, 2.05) is 0 Å². The van der Waals surface area contributed by atoms with Crippen LogP contribution in [0.5, 0.6) is 0 Å². The number of carbonyl (C=O) groups is 1. The van der Waals surface area contributed by atoms with E-state index in [-0.39, 0.29) is 24.7 Å². The number of hydrogen-bond acceptors (Lipinski definition) is 5. The Labute approximate surface area is 179 Å². The molecule has 10 heteroatoms. The normalized spacial score (nSPS) is 15.2. The number of aliphatic hydroxyl groups excluding tert-OH is 1. The number of nitrogens with zero attached hydrogens (tertiary/aromatic N) is 2. The van der Waals surface area contributed by atoms with Crippen molar-refractivity contribution in [1.29, 1.82) is 0 Å². The SMILES string of the molecule is O=C(Nc1ccc(F)nc1)C1(c2ccc(-c3cnc(C(F)(F)F)cc3CO)cc2)COC1. The molecule has 0 radical (unpaired) electrons. The lowest BCUT2D eigenvalue weighted by Gasteiger charge is -2.40. The van der Waals surface area contributed by atoms with Crippen molar-refractivity contribution in [3.05, 3.63) is 77.6 Å². The summed E-state index contributed by atoms with van der Waals surface area (Å²) in [5.74, 6) is -1.02. The van der Waals surface area contributed by atoms with Crippen LogP contribution in [0.25, 0.3) is 11.1 Å². The van der Waals surface area contributed by atoms with Crippen molar-refractivity contribution >= 4 is 11.6 Å². The Morgan fingerprint density at radius 3 is 2.34 bits per heavy atom. The molecule has 1 amide bonds. The summed E-state index contributed by atoms with van der Waals surface area (Å²) in [5.41, 5.74) is -0.0909. The van der Waals surface area contributed by atoms with Gasteiger partial charge in [-0.1, -0.05) is 24.3 Å². The average molecular weight is 447 g/mol. The van der Waals surface area contributed by atoms with Crippen LogP contribution in [0.2, 0.25) is 0 Å². The van der Waals surface area contributed by atoms with Crippen LogP contribution >= 0.6 is 0 Å². The molecule has 2 aromatic heterocycles. The minimum atomic E-state index is -4.61. The molecule has 0 unspecified atom stereocenters. The van der Waals surface area contributed by atoms with Crippen LogP contribution in [-0.2, 0) is 27.7 Å². The third-order valence-corrected chi connectivity index (χ3v) is 5.32. The average Bonchev–Trinajstić information content (AvgIpc) is 2.74. The maximum Gasteiger partial charge on any atom is 0.433 e. The molecular formula is C22H17F4N3O3. The van der Waals surface area contributed by atoms with Crippen LogP contribution < -0.4 is 5.32 Å². The summed E-state index contributed by atoms with van der Waals surface area (Å²) in [4.78, 5) is 19.9. The number of nitrogens with one attached hydrogen (secondary N) is 1. The number of amides is 1. The van der Waals surface area contributed by atoms with Crippen molar-refractivity contribution in [3.63, 3.8) is 0 Å². The van der Waals surface area contributed by atoms with Gasteiger partial charge in [0, 0.05) is 11.8 Å². The van der Waals surface area contributed by atoms with Gasteiger partial charge in [0.1, 0.15) is 11.1 Å². The van der Waals surface area contributed by atoms with E-state index < -0.39 is 29.8 Å². The molecule has 1 aromatic carbocycles. The zero-order valence-corrected chi connectivity index (χ0v) is 16.5. The molecule has 0 saturated carbocycles. The predicted molar refractivity (Wildman–Crippen MR) is 106 cm³/mol. The van der Waals surface area contributed by atoms with E-state index in [0.717, 1.165) is 18.3 Å². The van der Waals surface area contributed by atoms with Crippen molar-refractivity contribution in [2.24, 2.45) is 0 Å². The maximum absolute atomic E-state index is 13.0.